The number of nitrogens with zero attached hydrogens (tertiary/aromatic N) is 2. The predicted molar refractivity (Wildman–Crippen MR) is 65.9 cm³/mol. The Bertz CT molecular complexity index is 364. The maximum absolute atomic E-state index is 12.0. The molecule has 2 atom stereocenters. The van der Waals surface area contributed by atoms with Gasteiger partial charge in [0.1, 0.15) is 5.60 Å². The summed E-state index contributed by atoms with van der Waals surface area (Å²) in [6.07, 6.45) is 0.653. The number of carbonyl (C=O) groups is 2. The van der Waals surface area contributed by atoms with Crippen LogP contribution in [0.25, 0.3) is 0 Å². The van der Waals surface area contributed by atoms with Crippen LogP contribution < -0.4 is 5.73 Å². The van der Waals surface area contributed by atoms with Crippen LogP contribution in [0.15, 0.2) is 0 Å². The van der Waals surface area contributed by atoms with Gasteiger partial charge in [0, 0.05) is 25.2 Å². The maximum Gasteiger partial charge on any atom is 0.410 e. The van der Waals surface area contributed by atoms with Crippen molar-refractivity contribution >= 4 is 12.0 Å². The zero-order valence-corrected chi connectivity index (χ0v) is 11.2. The van der Waals surface area contributed by atoms with E-state index in [0.29, 0.717) is 13.1 Å². The van der Waals surface area contributed by atoms with Crippen molar-refractivity contribution in [3.8, 4) is 0 Å². The molecule has 0 aromatic heterocycles. The first kappa shape index (κ1) is 13.1. The van der Waals surface area contributed by atoms with E-state index >= 15 is 0 Å². The Labute approximate surface area is 107 Å². The Morgan fingerprint density at radius 1 is 1.28 bits per heavy atom. The minimum Gasteiger partial charge on any atom is -0.444 e. The minimum atomic E-state index is -0.466. The number of nitrogens with two attached hydrogens (primary N) is 1. The number of carbonyl (C=O) groups excluding carboxylic acids is 2. The van der Waals surface area contributed by atoms with Crippen molar-refractivity contribution in [2.24, 2.45) is 5.73 Å². The second kappa shape index (κ2) is 4.42. The fourth-order valence-corrected chi connectivity index (χ4v) is 2.69. The van der Waals surface area contributed by atoms with Gasteiger partial charge in [0.2, 0.25) is 5.91 Å². The molecule has 0 radical (unpaired) electrons. The summed E-state index contributed by atoms with van der Waals surface area (Å²) in [5, 5.41) is 0. The molecule has 2 rings (SSSR count). The van der Waals surface area contributed by atoms with Crippen molar-refractivity contribution in [2.45, 2.75) is 44.9 Å². The van der Waals surface area contributed by atoms with Crippen LogP contribution in [0.2, 0.25) is 0 Å². The van der Waals surface area contributed by atoms with Gasteiger partial charge in [-0.05, 0) is 27.2 Å². The van der Waals surface area contributed by atoms with E-state index in [-0.39, 0.29) is 30.6 Å². The van der Waals surface area contributed by atoms with E-state index in [4.69, 9.17) is 10.5 Å². The van der Waals surface area contributed by atoms with Gasteiger partial charge >= 0.3 is 6.09 Å². The molecular formula is C12H21N3O3. The highest BCUT2D eigenvalue weighted by molar-refractivity contribution is 5.76. The molecule has 0 aliphatic carbocycles. The third-order valence-electron chi connectivity index (χ3n) is 3.34. The highest BCUT2D eigenvalue weighted by atomic mass is 16.6. The molecule has 102 valence electrons. The van der Waals surface area contributed by atoms with Gasteiger partial charge in [-0.1, -0.05) is 0 Å². The average molecular weight is 255 g/mol. The number of primary amides is 1. The number of ether oxygens (including phenoxy) is 1. The number of fused-ring (bicyclic) bond motifs is 2. The monoisotopic (exact) mass is 255 g/mol. The van der Waals surface area contributed by atoms with Gasteiger partial charge in [0.05, 0.1) is 6.54 Å². The zero-order chi connectivity index (χ0) is 13.5. The zero-order valence-electron chi connectivity index (χ0n) is 11.2. The third kappa shape index (κ3) is 2.75. The van der Waals surface area contributed by atoms with Crippen LogP contribution in [-0.2, 0) is 9.53 Å². The molecule has 2 heterocycles. The average Bonchev–Trinajstić information content (AvgIpc) is 2.72. The van der Waals surface area contributed by atoms with E-state index in [9.17, 15) is 9.59 Å². The van der Waals surface area contributed by atoms with Crippen molar-refractivity contribution < 1.29 is 14.3 Å². The van der Waals surface area contributed by atoms with E-state index in [0.717, 1.165) is 6.42 Å². The lowest BCUT2D eigenvalue weighted by Gasteiger charge is -2.34. The van der Waals surface area contributed by atoms with Crippen molar-refractivity contribution in [1.29, 1.82) is 0 Å². The summed E-state index contributed by atoms with van der Waals surface area (Å²) in [7, 11) is 0. The van der Waals surface area contributed by atoms with Crippen molar-refractivity contribution in [1.82, 2.24) is 9.80 Å². The number of likely N-dealkylation sites (tertiary alicyclic amines) is 2. The Kier molecular flexibility index (Phi) is 3.23. The molecule has 2 aliphatic heterocycles. The van der Waals surface area contributed by atoms with Gasteiger partial charge in [-0.15, -0.1) is 0 Å². The largest absolute Gasteiger partial charge is 0.444 e. The third-order valence-corrected chi connectivity index (χ3v) is 3.34. The Balaban J connectivity index is 1.91. The molecule has 6 heteroatoms. The lowest BCUT2D eigenvalue weighted by Crippen LogP contribution is -2.51. The standard InChI is InChI=1S/C12H21N3O3/c1-12(2,3)18-11(17)15-6-8-4-9(15)5-14(8)7-10(13)16/h8-9H,4-7H2,1-3H3,(H2,13,16)/t8-,9-/m0/s1. The van der Waals surface area contributed by atoms with Gasteiger partial charge in [0.25, 0.3) is 0 Å². The first-order valence-electron chi connectivity index (χ1n) is 6.28. The molecular weight excluding hydrogens is 234 g/mol. The molecule has 2 aliphatic rings. The fraction of sp³-hybridized carbons (Fsp3) is 0.833. The Hall–Kier alpha value is -1.30. The van der Waals surface area contributed by atoms with Crippen molar-refractivity contribution in [3.05, 3.63) is 0 Å². The number of piperazine rings is 1. The van der Waals surface area contributed by atoms with Crippen molar-refractivity contribution in [3.63, 3.8) is 0 Å². The summed E-state index contributed by atoms with van der Waals surface area (Å²) < 4.78 is 5.37. The molecule has 6 nitrogen and oxygen atoms in total. The molecule has 2 amide bonds. The molecule has 2 fully saturated rings. The predicted octanol–water partition coefficient (Wildman–Crippen LogP) is 0.165. The summed E-state index contributed by atoms with van der Waals surface area (Å²) >= 11 is 0. The van der Waals surface area contributed by atoms with Crippen LogP contribution >= 0.6 is 0 Å². The first-order valence-corrected chi connectivity index (χ1v) is 6.28. The quantitative estimate of drug-likeness (QED) is 0.763. The molecule has 0 unspecified atom stereocenters. The summed E-state index contributed by atoms with van der Waals surface area (Å²) in [5.41, 5.74) is 4.73. The highest BCUT2D eigenvalue weighted by Gasteiger charge is 2.46. The van der Waals surface area contributed by atoms with Gasteiger partial charge in [-0.25, -0.2) is 4.79 Å². The van der Waals surface area contributed by atoms with Gasteiger partial charge < -0.3 is 15.4 Å². The van der Waals surface area contributed by atoms with Crippen molar-refractivity contribution in [2.75, 3.05) is 19.6 Å². The van der Waals surface area contributed by atoms with Gasteiger partial charge in [0.15, 0.2) is 0 Å². The first-order chi connectivity index (χ1) is 8.26. The van der Waals surface area contributed by atoms with Crippen LogP contribution in [0.4, 0.5) is 4.79 Å². The smallest absolute Gasteiger partial charge is 0.410 e. The Morgan fingerprint density at radius 2 is 1.94 bits per heavy atom. The molecule has 0 saturated carbocycles. The Morgan fingerprint density at radius 3 is 2.39 bits per heavy atom. The summed E-state index contributed by atoms with van der Waals surface area (Å²) in [6, 6.07) is 0.402. The molecule has 0 aromatic carbocycles. The summed E-state index contributed by atoms with van der Waals surface area (Å²) in [6.45, 7) is 7.21. The molecule has 2 N–H and O–H groups in total. The van der Waals surface area contributed by atoms with Crippen LogP contribution in [0.3, 0.4) is 0 Å². The van der Waals surface area contributed by atoms with E-state index in [1.165, 1.54) is 0 Å². The maximum atomic E-state index is 12.0. The lowest BCUT2D eigenvalue weighted by molar-refractivity contribution is -0.119. The second-order valence-electron chi connectivity index (χ2n) is 6.07. The summed E-state index contributed by atoms with van der Waals surface area (Å²) in [4.78, 5) is 26.7. The normalized spacial score (nSPS) is 27.6. The number of rotatable bonds is 2. The van der Waals surface area contributed by atoms with E-state index in [2.05, 4.69) is 0 Å². The van der Waals surface area contributed by atoms with Gasteiger partial charge in [-0.3, -0.25) is 9.69 Å². The number of hydrogen-bond acceptors (Lipinski definition) is 4. The van der Waals surface area contributed by atoms with Crippen LogP contribution in [0.5, 0.6) is 0 Å². The molecule has 18 heavy (non-hydrogen) atoms. The fourth-order valence-electron chi connectivity index (χ4n) is 2.69. The SMILES string of the molecule is CC(C)(C)OC(=O)N1C[C@@H]2C[C@H]1CN2CC(N)=O. The van der Waals surface area contributed by atoms with Crippen LogP contribution in [0, 0.1) is 0 Å². The van der Waals surface area contributed by atoms with Gasteiger partial charge in [-0.2, -0.15) is 0 Å². The summed E-state index contributed by atoms with van der Waals surface area (Å²) in [5.74, 6) is -0.314. The number of amides is 2. The molecule has 0 aromatic rings. The van der Waals surface area contributed by atoms with E-state index < -0.39 is 5.60 Å². The second-order valence-corrected chi connectivity index (χ2v) is 6.07. The minimum absolute atomic E-state index is 0.157. The van der Waals surface area contributed by atoms with E-state index in [1.54, 1.807) is 4.90 Å². The van der Waals surface area contributed by atoms with Crippen LogP contribution in [0.1, 0.15) is 27.2 Å². The molecule has 0 spiro atoms. The lowest BCUT2D eigenvalue weighted by atomic mass is 10.2. The van der Waals surface area contributed by atoms with E-state index in [1.807, 2.05) is 25.7 Å². The molecule has 2 bridgehead atoms. The number of hydrogen-bond donors (Lipinski definition) is 1. The van der Waals surface area contributed by atoms with Crippen LogP contribution in [-0.4, -0.2) is 59.1 Å². The topological polar surface area (TPSA) is 75.9 Å². The highest BCUT2D eigenvalue weighted by Crippen LogP contribution is 2.31. The molecule has 2 saturated heterocycles.